The zero-order valence-corrected chi connectivity index (χ0v) is 37.1. The predicted molar refractivity (Wildman–Crippen MR) is 245 cm³/mol. The van der Waals surface area contributed by atoms with Crippen LogP contribution in [-0.2, 0) is 22.3 Å². The van der Waals surface area contributed by atoms with Crippen molar-refractivity contribution in [3.05, 3.63) is 120 Å². The van der Waals surface area contributed by atoms with Gasteiger partial charge >= 0.3 is 12.2 Å². The summed E-state index contributed by atoms with van der Waals surface area (Å²) in [5, 5.41) is 17.8. The summed E-state index contributed by atoms with van der Waals surface area (Å²) in [6.07, 6.45) is 1.16. The highest BCUT2D eigenvalue weighted by molar-refractivity contribution is 5.95. The van der Waals surface area contributed by atoms with Crippen LogP contribution in [0.1, 0.15) is 64.1 Å². The van der Waals surface area contributed by atoms with Gasteiger partial charge in [-0.3, -0.25) is 10.2 Å². The van der Waals surface area contributed by atoms with E-state index in [1.165, 1.54) is 33.3 Å². The van der Waals surface area contributed by atoms with Gasteiger partial charge in [-0.05, 0) is 76.9 Å². The van der Waals surface area contributed by atoms with E-state index < -0.39 is 11.2 Å². The molecule has 0 unspecified atom stereocenters. The lowest BCUT2D eigenvalue weighted by molar-refractivity contribution is 0.0230. The van der Waals surface area contributed by atoms with Crippen LogP contribution in [0, 0.1) is 0 Å². The fraction of sp³-hybridized carbons (Fsp3) is 0.391. The van der Waals surface area contributed by atoms with E-state index in [2.05, 4.69) is 90.9 Å². The molecule has 4 heterocycles. The summed E-state index contributed by atoms with van der Waals surface area (Å²) in [6.45, 7) is 17.1. The molecular weight excluding hydrogens is 799 g/mol. The van der Waals surface area contributed by atoms with Gasteiger partial charge in [0.15, 0.2) is 0 Å². The standard InChI is InChI=1S/2C23H28N4O2.2ClH/c2*1-23(2,3)29-22(28)27-14-12-26(13-15-27)20-11-7-10-18-21(20)19(25-24-18)16-17-8-5-4-6-9-17;;/h2*4-11H,12-16H2,1-3H3,(H,24,25);2*1H. The second kappa shape index (κ2) is 19.7. The summed E-state index contributed by atoms with van der Waals surface area (Å²) in [4.78, 5) is 33.0. The highest BCUT2D eigenvalue weighted by Gasteiger charge is 2.29. The van der Waals surface area contributed by atoms with Crippen molar-refractivity contribution in [2.24, 2.45) is 0 Å². The maximum absolute atomic E-state index is 12.4. The lowest BCUT2D eigenvalue weighted by Gasteiger charge is -2.37. The van der Waals surface area contributed by atoms with E-state index in [0.717, 1.165) is 61.4 Å². The second-order valence-electron chi connectivity index (χ2n) is 17.0. The Hall–Kier alpha value is -5.46. The largest absolute Gasteiger partial charge is 0.444 e. The van der Waals surface area contributed by atoms with Gasteiger partial charge in [0.2, 0.25) is 0 Å². The van der Waals surface area contributed by atoms with Gasteiger partial charge in [0.05, 0.1) is 11.0 Å². The number of hydrogen-bond acceptors (Lipinski definition) is 8. The van der Waals surface area contributed by atoms with Crippen LogP contribution in [0.15, 0.2) is 97.1 Å². The SMILES string of the molecule is CC(C)(C)OC(=O)N1CCN(c2cccc3n[nH]c(Cc4ccccc4)c23)CC1.CC(C)(C)OC(=O)N1CCN(c2cccc3n[nH]c(Cc4ccccc4)c23)CC1.Cl.Cl. The Kier molecular flexibility index (Phi) is 15.0. The highest BCUT2D eigenvalue weighted by atomic mass is 35.5. The van der Waals surface area contributed by atoms with Crippen molar-refractivity contribution in [2.45, 2.75) is 65.6 Å². The Morgan fingerprint density at radius 1 is 0.517 bits per heavy atom. The molecule has 0 saturated carbocycles. The topological polar surface area (TPSA) is 123 Å². The molecule has 12 nitrogen and oxygen atoms in total. The molecule has 2 amide bonds. The zero-order valence-electron chi connectivity index (χ0n) is 35.4. The maximum atomic E-state index is 12.4. The Labute approximate surface area is 365 Å². The number of aromatic amines is 2. The lowest BCUT2D eigenvalue weighted by Crippen LogP contribution is -2.50. The van der Waals surface area contributed by atoms with Crippen LogP contribution in [-0.4, -0.2) is 106 Å². The van der Waals surface area contributed by atoms with Crippen LogP contribution in [0.25, 0.3) is 21.8 Å². The third-order valence-corrected chi connectivity index (χ3v) is 10.3. The molecule has 0 radical (unpaired) electrons. The summed E-state index contributed by atoms with van der Waals surface area (Å²) in [7, 11) is 0. The number of carbonyl (C=O) groups is 2. The van der Waals surface area contributed by atoms with E-state index in [1.54, 1.807) is 9.80 Å². The van der Waals surface area contributed by atoms with Gasteiger partial charge < -0.3 is 29.1 Å². The minimum atomic E-state index is -0.469. The van der Waals surface area contributed by atoms with Crippen LogP contribution in [0.2, 0.25) is 0 Å². The van der Waals surface area contributed by atoms with Gasteiger partial charge in [0.25, 0.3) is 0 Å². The molecule has 60 heavy (non-hydrogen) atoms. The Balaban J connectivity index is 0.000000220. The first-order chi connectivity index (χ1) is 27.8. The first-order valence-corrected chi connectivity index (χ1v) is 20.3. The normalized spacial score (nSPS) is 14.5. The van der Waals surface area contributed by atoms with Crippen LogP contribution in [0.4, 0.5) is 21.0 Å². The van der Waals surface area contributed by atoms with E-state index in [9.17, 15) is 9.59 Å². The molecule has 0 spiro atoms. The van der Waals surface area contributed by atoms with Crippen LogP contribution < -0.4 is 9.80 Å². The number of aromatic nitrogens is 4. The molecule has 320 valence electrons. The molecule has 6 aromatic rings. The van der Waals surface area contributed by atoms with Crippen molar-refractivity contribution in [3.63, 3.8) is 0 Å². The van der Waals surface area contributed by atoms with Crippen molar-refractivity contribution in [1.29, 1.82) is 0 Å². The number of carbonyl (C=O) groups excluding carboxylic acids is 2. The Morgan fingerprint density at radius 3 is 1.20 bits per heavy atom. The monoisotopic (exact) mass is 856 g/mol. The molecule has 8 rings (SSSR count). The highest BCUT2D eigenvalue weighted by Crippen LogP contribution is 2.32. The number of hydrogen-bond donors (Lipinski definition) is 2. The van der Waals surface area contributed by atoms with Gasteiger partial charge in [0, 0.05) is 98.7 Å². The fourth-order valence-electron chi connectivity index (χ4n) is 7.52. The van der Waals surface area contributed by atoms with E-state index in [0.29, 0.717) is 26.2 Å². The molecule has 2 N–H and O–H groups in total. The summed E-state index contributed by atoms with van der Waals surface area (Å²) in [6, 6.07) is 33.3. The molecule has 0 bridgehead atoms. The van der Waals surface area contributed by atoms with Crippen molar-refractivity contribution in [1.82, 2.24) is 30.2 Å². The Morgan fingerprint density at radius 2 is 0.867 bits per heavy atom. The van der Waals surface area contributed by atoms with E-state index in [1.807, 2.05) is 77.9 Å². The number of nitrogens with zero attached hydrogens (tertiary/aromatic N) is 6. The molecule has 2 aromatic heterocycles. The molecule has 0 aliphatic carbocycles. The molecule has 0 atom stereocenters. The quantitative estimate of drug-likeness (QED) is 0.170. The number of piperazine rings is 2. The number of benzene rings is 4. The average Bonchev–Trinajstić information content (AvgIpc) is 3.82. The predicted octanol–water partition coefficient (Wildman–Crippen LogP) is 9.27. The van der Waals surface area contributed by atoms with E-state index in [-0.39, 0.29) is 37.0 Å². The fourth-order valence-corrected chi connectivity index (χ4v) is 7.52. The van der Waals surface area contributed by atoms with Crippen molar-refractivity contribution in [2.75, 3.05) is 62.2 Å². The third kappa shape index (κ3) is 11.4. The minimum absolute atomic E-state index is 0. The van der Waals surface area contributed by atoms with Crippen LogP contribution in [0.5, 0.6) is 0 Å². The number of ether oxygens (including phenoxy) is 2. The first-order valence-electron chi connectivity index (χ1n) is 20.3. The third-order valence-electron chi connectivity index (χ3n) is 10.3. The molecule has 2 fully saturated rings. The minimum Gasteiger partial charge on any atom is -0.444 e. The van der Waals surface area contributed by atoms with Gasteiger partial charge in [0.1, 0.15) is 11.2 Å². The molecule has 2 aliphatic heterocycles. The van der Waals surface area contributed by atoms with Gasteiger partial charge in [-0.25, -0.2) is 9.59 Å². The van der Waals surface area contributed by atoms with Crippen LogP contribution >= 0.6 is 24.8 Å². The first kappa shape index (κ1) is 45.6. The number of amides is 2. The summed E-state index contributed by atoms with van der Waals surface area (Å²) in [5.41, 5.74) is 8.10. The number of anilines is 2. The number of H-pyrrole nitrogens is 2. The molecular formula is C46H58Cl2N8O4. The number of halogens is 2. The van der Waals surface area contributed by atoms with E-state index >= 15 is 0 Å². The number of fused-ring (bicyclic) bond motifs is 2. The second-order valence-corrected chi connectivity index (χ2v) is 17.0. The molecule has 2 saturated heterocycles. The maximum Gasteiger partial charge on any atom is 0.410 e. The van der Waals surface area contributed by atoms with Gasteiger partial charge in [-0.15, -0.1) is 24.8 Å². The van der Waals surface area contributed by atoms with Crippen molar-refractivity contribution in [3.8, 4) is 0 Å². The summed E-state index contributed by atoms with van der Waals surface area (Å²) >= 11 is 0. The average molecular weight is 858 g/mol. The lowest BCUT2D eigenvalue weighted by atomic mass is 10.0. The molecule has 4 aromatic carbocycles. The van der Waals surface area contributed by atoms with Crippen LogP contribution in [0.3, 0.4) is 0 Å². The van der Waals surface area contributed by atoms with Gasteiger partial charge in [-0.1, -0.05) is 72.8 Å². The zero-order chi connectivity index (χ0) is 40.9. The van der Waals surface area contributed by atoms with Crippen molar-refractivity contribution < 1.29 is 19.1 Å². The smallest absolute Gasteiger partial charge is 0.410 e. The molecule has 2 aliphatic rings. The molecule has 14 heteroatoms. The Bertz CT molecular complexity index is 2140. The number of nitrogens with one attached hydrogen (secondary N) is 2. The van der Waals surface area contributed by atoms with Crippen molar-refractivity contribution >= 4 is 70.2 Å². The summed E-state index contributed by atoms with van der Waals surface area (Å²) < 4.78 is 11.0. The number of rotatable bonds is 6. The van der Waals surface area contributed by atoms with E-state index in [4.69, 9.17) is 9.47 Å². The van der Waals surface area contributed by atoms with Gasteiger partial charge in [-0.2, -0.15) is 10.2 Å². The summed E-state index contributed by atoms with van der Waals surface area (Å²) in [5.74, 6) is 0.